The minimum Gasteiger partial charge on any atom is -0.508 e. The van der Waals surface area contributed by atoms with Crippen LogP contribution in [0.4, 0.5) is 4.39 Å². The quantitative estimate of drug-likeness (QED) is 0.0619. The number of aromatic amines is 2. The van der Waals surface area contributed by atoms with Gasteiger partial charge in [0.2, 0.25) is 47.3 Å². The molecule has 15 N–H and O–H groups in total. The van der Waals surface area contributed by atoms with Gasteiger partial charge >= 0.3 is 5.97 Å². The average Bonchev–Trinajstić information content (AvgIpc) is 1.70. The number of allylic oxidation sites excluding steroid dienone is 1. The zero-order chi connectivity index (χ0) is 72.3. The summed E-state index contributed by atoms with van der Waals surface area (Å²) in [4.78, 5) is 170. The molecular weight excluding hydrogens is 1340 g/mol. The number of halogens is 1. The lowest BCUT2D eigenvalue weighted by atomic mass is 9.89. The van der Waals surface area contributed by atoms with E-state index in [-0.39, 0.29) is 75.2 Å². The number of aromatic hydroxyl groups is 2. The highest BCUT2D eigenvalue weighted by molar-refractivity contribution is 7.98. The van der Waals surface area contributed by atoms with E-state index in [2.05, 4.69) is 46.9 Å². The molecule has 2 aromatic heterocycles. The van der Waals surface area contributed by atoms with Gasteiger partial charge in [-0.25, -0.2) is 4.39 Å². The zero-order valence-corrected chi connectivity index (χ0v) is 57.5. The minimum absolute atomic E-state index is 0.0318. The maximum Gasteiger partial charge on any atom is 0.305 e. The van der Waals surface area contributed by atoms with Crippen LogP contribution in [0.15, 0.2) is 114 Å². The smallest absolute Gasteiger partial charge is 0.305 e. The Labute approximate surface area is 590 Å². The first-order chi connectivity index (χ1) is 48.4. The van der Waals surface area contributed by atoms with Crippen molar-refractivity contribution in [1.29, 1.82) is 0 Å². The molecule has 0 spiro atoms. The van der Waals surface area contributed by atoms with E-state index >= 15 is 19.2 Å². The number of fused-ring (bicyclic) bond motifs is 5. The molecule has 536 valence electrons. The van der Waals surface area contributed by atoms with Crippen LogP contribution >= 0.6 is 23.5 Å². The number of hydrogen-bond donors (Lipinski definition) is 13. The molecule has 0 radical (unpaired) electrons. The third-order valence-corrected chi connectivity index (χ3v) is 20.5. The molecule has 2 bridgehead atoms. The molecule has 1 saturated heterocycles. The van der Waals surface area contributed by atoms with Gasteiger partial charge in [-0.2, -0.15) is 23.5 Å². The predicted octanol–water partition coefficient (Wildman–Crippen LogP) is 4.71. The normalized spacial score (nSPS) is 23.4. The molecular formula is C72H85FN12O14S2. The number of unbranched alkanes of at least 4 members (excludes halogenated alkanes) is 1. The summed E-state index contributed by atoms with van der Waals surface area (Å²) in [6.45, 7) is 1.30. The summed E-state index contributed by atoms with van der Waals surface area (Å²) in [5, 5.41) is 48.4. The van der Waals surface area contributed by atoms with Gasteiger partial charge in [0.15, 0.2) is 11.6 Å². The van der Waals surface area contributed by atoms with Crippen molar-refractivity contribution in [3.63, 3.8) is 0 Å². The van der Waals surface area contributed by atoms with Crippen molar-refractivity contribution in [3.8, 4) is 11.5 Å². The van der Waals surface area contributed by atoms with Crippen molar-refractivity contribution in [2.24, 2.45) is 28.3 Å². The standard InChI is InChI=1S/C72H85FN12O14S2/c1-72-19-5-22-85(72)70(98)60(26-41-9-12-50(86)13-10-41)83-66(94)45(25-42-17-21-76-34-42)30-62(89)58(33-64(91)92)81-69(97)59(29-48-36-78-56-16-14-51(87)32-54(48)56)82-67(95)46(27-47-35-77-55-15-11-49(73)31-53(47)55)28-52(88)37-79-68(96)57(8-2-3-20-74)80-63(90)18-23-100-38-43-6-4-7-44(24-43)39-101-40-61(65(75)93)84-71(72)99/h4,6-7,9-16,21,24,31-32,34-36,45-46,57-61,77-78,86-87H,2-3,5,8,17-20,22-23,25-30,33,37-40,74H2,1H3,(H2,75,93)(H,79,96)(H,80,90)(H,81,97)(H,82,95)(H,83,94)(H,84,99)(H,91,92)/t45-,46-,57+,58+,59+,60+,61+,72+/m1/s1. The molecule has 26 nitrogen and oxygen atoms in total. The Kier molecular flexibility index (Phi) is 26.4. The number of carboxylic acid groups (broad SMARTS) is 1. The number of phenolic OH excluding ortho intramolecular Hbond substituents is 2. The van der Waals surface area contributed by atoms with E-state index in [9.17, 15) is 53.3 Å². The summed E-state index contributed by atoms with van der Waals surface area (Å²) in [6.07, 6.45) is 4.83. The molecule has 0 aliphatic carbocycles. The first-order valence-corrected chi connectivity index (χ1v) is 35.9. The van der Waals surface area contributed by atoms with Crippen LogP contribution < -0.4 is 43.4 Å². The van der Waals surface area contributed by atoms with Crippen molar-refractivity contribution >= 4 is 116 Å². The van der Waals surface area contributed by atoms with Gasteiger partial charge in [0, 0.05) is 127 Å². The number of nitrogens with zero attached hydrogens (tertiary/aromatic N) is 2. The van der Waals surface area contributed by atoms with E-state index in [0.29, 0.717) is 87.1 Å². The molecule has 4 aromatic carbocycles. The lowest BCUT2D eigenvalue weighted by Gasteiger charge is -2.37. The third kappa shape index (κ3) is 20.9. The number of ketones is 2. The largest absolute Gasteiger partial charge is 0.508 e. The number of aliphatic imine (C=N–C) groups is 1. The number of benzene rings is 4. The summed E-state index contributed by atoms with van der Waals surface area (Å²) in [5.41, 5.74) is 14.8. The van der Waals surface area contributed by atoms with Crippen molar-refractivity contribution in [2.75, 3.05) is 31.1 Å². The van der Waals surface area contributed by atoms with Crippen LogP contribution in [0.3, 0.4) is 0 Å². The van der Waals surface area contributed by atoms with E-state index in [4.69, 9.17) is 11.5 Å². The number of nitrogens with one attached hydrogen (secondary N) is 8. The molecule has 8 amide bonds. The van der Waals surface area contributed by atoms with Gasteiger partial charge < -0.3 is 73.6 Å². The highest BCUT2D eigenvalue weighted by Gasteiger charge is 2.49. The monoisotopic (exact) mass is 1420 g/mol. The van der Waals surface area contributed by atoms with Crippen molar-refractivity contribution < 1.29 is 72.4 Å². The maximum absolute atomic E-state index is 15.3. The Morgan fingerprint density at radius 3 is 2.06 bits per heavy atom. The Morgan fingerprint density at radius 1 is 0.703 bits per heavy atom. The second kappa shape index (κ2) is 35.4. The Hall–Kier alpha value is -9.87. The van der Waals surface area contributed by atoms with Gasteiger partial charge in [-0.15, -0.1) is 0 Å². The van der Waals surface area contributed by atoms with Gasteiger partial charge in [0.25, 0.3) is 0 Å². The number of phenols is 2. The summed E-state index contributed by atoms with van der Waals surface area (Å²) in [6, 6.07) is 14.7. The van der Waals surface area contributed by atoms with Crippen LogP contribution in [0.25, 0.3) is 21.8 Å². The fourth-order valence-electron chi connectivity index (χ4n) is 12.8. The van der Waals surface area contributed by atoms with Crippen LogP contribution in [0.2, 0.25) is 0 Å². The van der Waals surface area contributed by atoms with Crippen molar-refractivity contribution in [3.05, 3.63) is 143 Å². The van der Waals surface area contributed by atoms with Gasteiger partial charge in [-0.05, 0) is 140 Å². The number of carbonyl (C=O) groups is 11. The predicted molar refractivity (Wildman–Crippen MR) is 379 cm³/mol. The van der Waals surface area contributed by atoms with E-state index in [0.717, 1.165) is 11.1 Å². The third-order valence-electron chi connectivity index (χ3n) is 18.4. The summed E-state index contributed by atoms with van der Waals surface area (Å²) in [7, 11) is 0. The number of Topliss-reactive ketones (excluding diaryl/α,β-unsaturated/α-hetero) is 2. The molecule has 1 fully saturated rings. The second-order valence-corrected chi connectivity index (χ2v) is 28.1. The molecule has 6 aromatic rings. The fourth-order valence-corrected chi connectivity index (χ4v) is 14.7. The number of amides is 8. The number of hydrogen-bond acceptors (Lipinski definition) is 17. The summed E-state index contributed by atoms with van der Waals surface area (Å²) in [5.74, 6) is -11.5. The van der Waals surface area contributed by atoms with E-state index in [1.807, 2.05) is 24.3 Å². The molecule has 9 rings (SSSR count). The number of rotatable bonds is 15. The molecule has 29 heteroatoms. The van der Waals surface area contributed by atoms with Crippen LogP contribution in [0.5, 0.6) is 11.5 Å². The van der Waals surface area contributed by atoms with Gasteiger partial charge in [0.05, 0.1) is 19.0 Å². The number of carbonyl (C=O) groups excluding carboxylic acids is 10. The number of H-pyrrole nitrogens is 2. The number of thioether (sulfide) groups is 2. The average molecular weight is 1430 g/mol. The van der Waals surface area contributed by atoms with E-state index in [1.165, 1.54) is 89.5 Å². The van der Waals surface area contributed by atoms with Crippen LogP contribution in [-0.4, -0.2) is 168 Å². The van der Waals surface area contributed by atoms with E-state index < -0.39 is 144 Å². The number of aliphatic carboxylic acids is 1. The molecule has 3 aliphatic rings. The van der Waals surface area contributed by atoms with Gasteiger partial charge in [-0.1, -0.05) is 36.4 Å². The Bertz CT molecular complexity index is 4120. The fraction of sp³-hybridized carbons (Fsp3) is 0.417. The number of primary amides is 1. The van der Waals surface area contributed by atoms with Crippen molar-refractivity contribution in [2.45, 2.75) is 144 Å². The van der Waals surface area contributed by atoms with Gasteiger partial charge in [0.1, 0.15) is 47.0 Å². The number of nitrogens with two attached hydrogens (primary N) is 2. The lowest BCUT2D eigenvalue weighted by Crippen LogP contribution is -2.62. The topological polar surface area (TPSA) is 420 Å². The molecule has 0 unspecified atom stereocenters. The first-order valence-electron chi connectivity index (χ1n) is 33.5. The lowest BCUT2D eigenvalue weighted by molar-refractivity contribution is -0.147. The highest BCUT2D eigenvalue weighted by Crippen LogP contribution is 2.33. The van der Waals surface area contributed by atoms with Crippen LogP contribution in [0.1, 0.15) is 105 Å². The summed E-state index contributed by atoms with van der Waals surface area (Å²) >= 11 is 2.82. The molecule has 8 atom stereocenters. The molecule has 3 aliphatic heterocycles. The molecule has 5 heterocycles. The first kappa shape index (κ1) is 75.3. The zero-order valence-electron chi connectivity index (χ0n) is 55.9. The second-order valence-electron chi connectivity index (χ2n) is 26.0. The van der Waals surface area contributed by atoms with E-state index in [1.54, 1.807) is 31.3 Å². The van der Waals surface area contributed by atoms with Crippen LogP contribution in [0, 0.1) is 17.7 Å². The molecule has 0 saturated carbocycles. The Balaban J connectivity index is 1.06. The number of aromatic nitrogens is 2. The van der Waals surface area contributed by atoms with Crippen molar-refractivity contribution in [1.82, 2.24) is 46.8 Å². The highest BCUT2D eigenvalue weighted by atomic mass is 32.2. The Morgan fingerprint density at radius 2 is 1.37 bits per heavy atom. The maximum atomic E-state index is 15.3. The number of carboxylic acids is 1. The van der Waals surface area contributed by atoms with Gasteiger partial charge in [-0.3, -0.25) is 57.7 Å². The molecule has 101 heavy (non-hydrogen) atoms. The van der Waals surface area contributed by atoms with Crippen LogP contribution in [-0.2, 0) is 83.5 Å². The SMILES string of the molecule is C[C@@]12CCCN1C(=O)[C@H](Cc1ccc(O)cc1)NC(=O)[C@H](CC1=CN=CC1)CC(=O)[C@H](CC(=O)O)NC(=O)[C@H](Cc1c[nH]c3ccc(O)cc13)NC(=O)[C@H](Cc1c[nH]c3ccc(F)cc13)CC(=O)CNC(=O)[C@H](CCCCN)NC(=O)CCSCc1cccc(c1)CSC[C@@H](C(N)=O)NC2=O. The minimum atomic E-state index is -1.88. The summed E-state index contributed by atoms with van der Waals surface area (Å²) < 4.78 is 14.9.